The number of likely N-dealkylation sites (tertiary alicyclic amines) is 1. The molecule has 1 saturated heterocycles. The number of hydrogen-bond donors (Lipinski definition) is 1. The van der Waals surface area contributed by atoms with Crippen LogP contribution < -0.4 is 5.32 Å². The van der Waals surface area contributed by atoms with Crippen LogP contribution in [0.25, 0.3) is 15.9 Å². The highest BCUT2D eigenvalue weighted by atomic mass is 32.1. The summed E-state index contributed by atoms with van der Waals surface area (Å²) in [6.45, 7) is 3.37. The molecular formula is C26H25N5O2S. The summed E-state index contributed by atoms with van der Waals surface area (Å²) < 4.78 is 3.04. The molecule has 0 radical (unpaired) electrons. The fourth-order valence-electron chi connectivity index (χ4n) is 5.15. The van der Waals surface area contributed by atoms with Gasteiger partial charge in [0.25, 0.3) is 5.91 Å². The number of fused-ring (bicyclic) bond motifs is 1. The Labute approximate surface area is 201 Å². The lowest BCUT2D eigenvalue weighted by Gasteiger charge is -2.33. The molecule has 6 rings (SSSR count). The largest absolute Gasteiger partial charge is 0.339 e. The normalized spacial score (nSPS) is 18.9. The number of hydrogen-bond acceptors (Lipinski definition) is 5. The average molecular weight is 472 g/mol. The first-order chi connectivity index (χ1) is 16.5. The zero-order valence-electron chi connectivity index (χ0n) is 18.9. The first-order valence-electron chi connectivity index (χ1n) is 11.6. The molecule has 1 spiro atoms. The molecule has 0 bridgehead atoms. The second-order valence-electron chi connectivity index (χ2n) is 9.33. The maximum Gasteiger partial charge on any atom is 0.253 e. The summed E-state index contributed by atoms with van der Waals surface area (Å²) in [5.74, 6) is 0.161. The first-order valence-corrected chi connectivity index (χ1v) is 12.4. The second kappa shape index (κ2) is 8.06. The Hall–Kier alpha value is -3.52. The van der Waals surface area contributed by atoms with Gasteiger partial charge in [0.15, 0.2) is 0 Å². The minimum Gasteiger partial charge on any atom is -0.339 e. The summed E-state index contributed by atoms with van der Waals surface area (Å²) in [7, 11) is 0. The lowest BCUT2D eigenvalue weighted by Crippen LogP contribution is -2.40. The van der Waals surface area contributed by atoms with Gasteiger partial charge >= 0.3 is 0 Å². The number of thiazole rings is 1. The van der Waals surface area contributed by atoms with Gasteiger partial charge in [-0.2, -0.15) is 0 Å². The van der Waals surface area contributed by atoms with E-state index in [0.29, 0.717) is 18.7 Å². The number of rotatable bonds is 4. The van der Waals surface area contributed by atoms with Crippen molar-refractivity contribution in [2.75, 3.05) is 18.4 Å². The fourth-order valence-corrected chi connectivity index (χ4v) is 5.95. The van der Waals surface area contributed by atoms with Gasteiger partial charge in [-0.25, -0.2) is 9.97 Å². The molecule has 1 aliphatic heterocycles. The van der Waals surface area contributed by atoms with Crippen molar-refractivity contribution < 1.29 is 9.59 Å². The van der Waals surface area contributed by atoms with Crippen molar-refractivity contribution in [2.45, 2.75) is 26.2 Å². The van der Waals surface area contributed by atoms with Crippen LogP contribution in [0.2, 0.25) is 0 Å². The van der Waals surface area contributed by atoms with Crippen molar-refractivity contribution in [1.29, 1.82) is 0 Å². The Kier molecular flexibility index (Phi) is 4.99. The number of carbonyl (C=O) groups excluding carboxylic acids is 2. The van der Waals surface area contributed by atoms with Crippen LogP contribution in [0.1, 0.15) is 34.6 Å². The van der Waals surface area contributed by atoms with Gasteiger partial charge in [-0.15, -0.1) is 11.3 Å². The molecule has 34 heavy (non-hydrogen) atoms. The van der Waals surface area contributed by atoms with E-state index in [0.717, 1.165) is 45.9 Å². The quantitative estimate of drug-likeness (QED) is 0.469. The van der Waals surface area contributed by atoms with E-state index in [1.54, 1.807) is 23.9 Å². The van der Waals surface area contributed by atoms with E-state index in [1.165, 1.54) is 0 Å². The smallest absolute Gasteiger partial charge is 0.253 e. The standard InChI is InChI=1S/C26H25N5O2S/c1-17-28-22-14-19(4-7-23(22)34-17)29-24(32)21-15-26(21)8-11-30(12-9-26)25(33)18-2-5-20(6-3-18)31-13-10-27-16-31/h2-7,10,13-14,16,21H,8-9,11-12,15H2,1H3,(H,29,32)/t21-/m0/s1. The molecule has 2 aromatic heterocycles. The third-order valence-corrected chi connectivity index (χ3v) is 8.18. The van der Waals surface area contributed by atoms with Gasteiger partial charge in [-0.3, -0.25) is 9.59 Å². The summed E-state index contributed by atoms with van der Waals surface area (Å²) in [4.78, 5) is 36.5. The minimum atomic E-state index is 0.0204. The van der Waals surface area contributed by atoms with E-state index < -0.39 is 0 Å². The van der Waals surface area contributed by atoms with Crippen LogP contribution >= 0.6 is 11.3 Å². The lowest BCUT2D eigenvalue weighted by atomic mass is 9.90. The third-order valence-electron chi connectivity index (χ3n) is 7.23. The number of nitrogens with zero attached hydrogens (tertiary/aromatic N) is 4. The molecule has 1 N–H and O–H groups in total. The number of imidazole rings is 1. The van der Waals surface area contributed by atoms with Crippen molar-refractivity contribution >= 4 is 39.1 Å². The molecule has 0 unspecified atom stereocenters. The maximum atomic E-state index is 13.0. The topological polar surface area (TPSA) is 80.1 Å². The molecule has 2 aromatic carbocycles. The molecule has 2 fully saturated rings. The van der Waals surface area contributed by atoms with Gasteiger partial charge < -0.3 is 14.8 Å². The summed E-state index contributed by atoms with van der Waals surface area (Å²) in [6, 6.07) is 13.5. The summed E-state index contributed by atoms with van der Waals surface area (Å²) in [5.41, 5.74) is 3.43. The fraction of sp³-hybridized carbons (Fsp3) is 0.308. The molecule has 1 saturated carbocycles. The molecule has 2 aliphatic rings. The SMILES string of the molecule is Cc1nc2cc(NC(=O)[C@@H]3CC34CCN(C(=O)c3ccc(-n5ccnc5)cc3)CC4)ccc2s1. The number of benzene rings is 2. The number of nitrogens with one attached hydrogen (secondary N) is 1. The van der Waals surface area contributed by atoms with Gasteiger partial charge in [0, 0.05) is 48.3 Å². The van der Waals surface area contributed by atoms with E-state index in [4.69, 9.17) is 0 Å². The van der Waals surface area contributed by atoms with Crippen molar-refractivity contribution in [1.82, 2.24) is 19.4 Å². The van der Waals surface area contributed by atoms with Gasteiger partial charge in [0.1, 0.15) is 0 Å². The zero-order chi connectivity index (χ0) is 23.3. The molecule has 1 atom stereocenters. The van der Waals surface area contributed by atoms with Gasteiger partial charge in [0.2, 0.25) is 5.91 Å². The average Bonchev–Trinajstić information content (AvgIpc) is 3.17. The number of piperidine rings is 1. The van der Waals surface area contributed by atoms with E-state index in [1.807, 2.05) is 65.1 Å². The Balaban J connectivity index is 1.06. The Morgan fingerprint density at radius 3 is 2.65 bits per heavy atom. The van der Waals surface area contributed by atoms with Crippen LogP contribution in [-0.2, 0) is 4.79 Å². The molecule has 2 amide bonds. The summed E-state index contributed by atoms with van der Waals surface area (Å²) in [6.07, 6.45) is 7.98. The predicted octanol–water partition coefficient (Wildman–Crippen LogP) is 4.67. The van der Waals surface area contributed by atoms with Crippen LogP contribution in [0.4, 0.5) is 5.69 Å². The number of aryl methyl sites for hydroxylation is 1. The molecule has 1 aliphatic carbocycles. The predicted molar refractivity (Wildman–Crippen MR) is 132 cm³/mol. The highest BCUT2D eigenvalue weighted by Crippen LogP contribution is 2.59. The van der Waals surface area contributed by atoms with Crippen LogP contribution in [0.15, 0.2) is 61.2 Å². The summed E-state index contributed by atoms with van der Waals surface area (Å²) in [5, 5.41) is 4.12. The van der Waals surface area contributed by atoms with E-state index >= 15 is 0 Å². The number of aromatic nitrogens is 3. The van der Waals surface area contributed by atoms with E-state index in [9.17, 15) is 9.59 Å². The zero-order valence-corrected chi connectivity index (χ0v) is 19.7. The van der Waals surface area contributed by atoms with Gasteiger partial charge in [-0.05, 0) is 74.1 Å². The molecule has 172 valence electrons. The third kappa shape index (κ3) is 3.77. The summed E-state index contributed by atoms with van der Waals surface area (Å²) >= 11 is 1.66. The molecule has 3 heterocycles. The van der Waals surface area contributed by atoms with Crippen LogP contribution in [0, 0.1) is 18.3 Å². The van der Waals surface area contributed by atoms with Crippen molar-refractivity contribution in [3.05, 3.63) is 71.8 Å². The highest BCUT2D eigenvalue weighted by molar-refractivity contribution is 7.18. The maximum absolute atomic E-state index is 13.0. The molecular weight excluding hydrogens is 446 g/mol. The van der Waals surface area contributed by atoms with Crippen molar-refractivity contribution in [3.8, 4) is 5.69 Å². The second-order valence-corrected chi connectivity index (χ2v) is 10.6. The molecule has 8 heteroatoms. The first kappa shape index (κ1) is 21.0. The van der Waals surface area contributed by atoms with Crippen LogP contribution in [-0.4, -0.2) is 44.3 Å². The number of amides is 2. The Morgan fingerprint density at radius 2 is 1.91 bits per heavy atom. The van der Waals surface area contributed by atoms with Crippen LogP contribution in [0.5, 0.6) is 0 Å². The number of anilines is 1. The molecule has 7 nitrogen and oxygen atoms in total. The van der Waals surface area contributed by atoms with Crippen molar-refractivity contribution in [3.63, 3.8) is 0 Å². The van der Waals surface area contributed by atoms with Crippen molar-refractivity contribution in [2.24, 2.45) is 11.3 Å². The van der Waals surface area contributed by atoms with E-state index in [2.05, 4.69) is 15.3 Å². The van der Waals surface area contributed by atoms with Gasteiger partial charge in [-0.1, -0.05) is 0 Å². The molecule has 4 aromatic rings. The Bertz CT molecular complexity index is 1370. The van der Waals surface area contributed by atoms with Crippen LogP contribution in [0.3, 0.4) is 0 Å². The highest BCUT2D eigenvalue weighted by Gasteiger charge is 2.58. The minimum absolute atomic E-state index is 0.0204. The van der Waals surface area contributed by atoms with E-state index in [-0.39, 0.29) is 23.1 Å². The lowest BCUT2D eigenvalue weighted by molar-refractivity contribution is -0.118. The Morgan fingerprint density at radius 1 is 1.12 bits per heavy atom. The number of carbonyl (C=O) groups is 2. The van der Waals surface area contributed by atoms with Gasteiger partial charge in [0.05, 0.1) is 21.6 Å². The monoisotopic (exact) mass is 471 g/mol.